The van der Waals surface area contributed by atoms with E-state index in [9.17, 15) is 8.42 Å². The molecule has 1 N–H and O–H groups in total. The molecule has 1 heterocycles. The fraction of sp³-hybridized carbons (Fsp3) is 0.938. The number of sulfone groups is 1. The zero-order chi connectivity index (χ0) is 16.8. The van der Waals surface area contributed by atoms with E-state index in [0.717, 1.165) is 31.4 Å². The summed E-state index contributed by atoms with van der Waals surface area (Å²) in [6.45, 7) is 12.8. The zero-order valence-corrected chi connectivity index (χ0v) is 15.7. The molecule has 5 nitrogen and oxygen atoms in total. The number of nitrogens with zero attached hydrogens (tertiary/aromatic N) is 2. The lowest BCUT2D eigenvalue weighted by molar-refractivity contribution is 0.353. The van der Waals surface area contributed by atoms with Crippen LogP contribution >= 0.6 is 0 Å². The van der Waals surface area contributed by atoms with Gasteiger partial charge in [-0.2, -0.15) is 0 Å². The number of unbranched alkanes of at least 4 members (excludes halogenated alkanes) is 1. The highest BCUT2D eigenvalue weighted by atomic mass is 32.2. The van der Waals surface area contributed by atoms with Crippen LogP contribution in [0.2, 0.25) is 0 Å². The summed E-state index contributed by atoms with van der Waals surface area (Å²) in [5.74, 6) is 1.80. The lowest BCUT2D eigenvalue weighted by atomic mass is 10.1. The molecule has 0 unspecified atom stereocenters. The third-order valence-corrected chi connectivity index (χ3v) is 6.66. The fourth-order valence-electron chi connectivity index (χ4n) is 2.60. The molecule has 1 fully saturated rings. The van der Waals surface area contributed by atoms with Crippen LogP contribution in [0.4, 0.5) is 0 Å². The zero-order valence-electron chi connectivity index (χ0n) is 14.9. The van der Waals surface area contributed by atoms with Crippen LogP contribution in [0.3, 0.4) is 0 Å². The average Bonchev–Trinajstić information content (AvgIpc) is 2.40. The first-order chi connectivity index (χ1) is 10.2. The number of rotatable bonds is 6. The van der Waals surface area contributed by atoms with Crippen LogP contribution in [-0.4, -0.2) is 56.0 Å². The second-order valence-electron chi connectivity index (χ2n) is 7.13. The number of guanidine groups is 1. The molecular weight excluding hydrogens is 298 g/mol. The quantitative estimate of drug-likeness (QED) is 0.461. The topological polar surface area (TPSA) is 61.8 Å². The molecule has 0 spiro atoms. The molecule has 0 aromatic carbocycles. The number of aliphatic imine (C=N–C) groups is 1. The Labute approximate surface area is 136 Å². The lowest BCUT2D eigenvalue weighted by Crippen LogP contribution is -2.57. The van der Waals surface area contributed by atoms with Crippen LogP contribution in [0.5, 0.6) is 0 Å². The van der Waals surface area contributed by atoms with Gasteiger partial charge in [-0.15, -0.1) is 0 Å². The van der Waals surface area contributed by atoms with Crippen molar-refractivity contribution < 1.29 is 8.42 Å². The van der Waals surface area contributed by atoms with Crippen molar-refractivity contribution in [3.05, 3.63) is 0 Å². The van der Waals surface area contributed by atoms with Crippen molar-refractivity contribution in [3.8, 4) is 0 Å². The minimum Gasteiger partial charge on any atom is -0.357 e. The molecule has 0 bridgehead atoms. The molecule has 22 heavy (non-hydrogen) atoms. The van der Waals surface area contributed by atoms with Crippen LogP contribution in [0, 0.1) is 5.92 Å². The molecule has 0 saturated carbocycles. The Bertz CT molecular complexity index is 470. The van der Waals surface area contributed by atoms with E-state index in [4.69, 9.17) is 0 Å². The molecule has 0 aromatic heterocycles. The van der Waals surface area contributed by atoms with Crippen LogP contribution in [-0.2, 0) is 9.84 Å². The number of hydrogen-bond donors (Lipinski definition) is 1. The summed E-state index contributed by atoms with van der Waals surface area (Å²) < 4.78 is 23.5. The van der Waals surface area contributed by atoms with E-state index < -0.39 is 14.6 Å². The van der Waals surface area contributed by atoms with Crippen LogP contribution in [0.15, 0.2) is 4.99 Å². The Morgan fingerprint density at radius 1 is 1.32 bits per heavy atom. The second-order valence-corrected chi connectivity index (χ2v) is 9.87. The van der Waals surface area contributed by atoms with Gasteiger partial charge in [0, 0.05) is 26.2 Å². The first-order valence-electron chi connectivity index (χ1n) is 8.45. The van der Waals surface area contributed by atoms with Gasteiger partial charge in [-0.3, -0.25) is 4.99 Å². The van der Waals surface area contributed by atoms with Crippen molar-refractivity contribution >= 4 is 15.8 Å². The van der Waals surface area contributed by atoms with E-state index in [1.165, 1.54) is 12.8 Å². The molecule has 6 heteroatoms. The maximum absolute atomic E-state index is 12.1. The van der Waals surface area contributed by atoms with Gasteiger partial charge in [-0.1, -0.05) is 26.7 Å². The third-order valence-electron chi connectivity index (χ3n) is 4.13. The normalized spacial score (nSPS) is 21.2. The van der Waals surface area contributed by atoms with Crippen molar-refractivity contribution in [3.63, 3.8) is 0 Å². The molecule has 130 valence electrons. The standard InChI is InChI=1S/C16H33N3O2S/c1-6-17-15(18-10-8-7-9-14(2)3)19-11-12-22(20,21)16(4,5)13-19/h14H,6-13H2,1-5H3,(H,17,18). The van der Waals surface area contributed by atoms with Crippen molar-refractivity contribution in [2.75, 3.05) is 31.9 Å². The van der Waals surface area contributed by atoms with Crippen LogP contribution in [0.1, 0.15) is 53.9 Å². The van der Waals surface area contributed by atoms with E-state index in [-0.39, 0.29) is 5.75 Å². The highest BCUT2D eigenvalue weighted by molar-refractivity contribution is 7.92. The highest BCUT2D eigenvalue weighted by Gasteiger charge is 2.40. The van der Waals surface area contributed by atoms with E-state index in [1.54, 1.807) is 13.8 Å². The summed E-state index contributed by atoms with van der Waals surface area (Å²) in [7, 11) is -3.01. The van der Waals surface area contributed by atoms with Gasteiger partial charge in [-0.05, 0) is 33.1 Å². The van der Waals surface area contributed by atoms with Gasteiger partial charge >= 0.3 is 0 Å². The second kappa shape index (κ2) is 8.18. The molecule has 0 radical (unpaired) electrons. The Hall–Kier alpha value is -0.780. The molecule has 0 aliphatic carbocycles. The Kier molecular flexibility index (Phi) is 7.16. The van der Waals surface area contributed by atoms with Crippen LogP contribution < -0.4 is 5.32 Å². The van der Waals surface area contributed by atoms with Crippen molar-refractivity contribution in [1.29, 1.82) is 0 Å². The van der Waals surface area contributed by atoms with Gasteiger partial charge in [0.25, 0.3) is 0 Å². The first kappa shape index (κ1) is 19.3. The third kappa shape index (κ3) is 5.45. The monoisotopic (exact) mass is 331 g/mol. The number of hydrogen-bond acceptors (Lipinski definition) is 3. The maximum Gasteiger partial charge on any atom is 0.193 e. The SMILES string of the molecule is CCNC(=NCCCCC(C)C)N1CCS(=O)(=O)C(C)(C)C1. The molecule has 1 aliphatic rings. The fourth-order valence-corrected chi connectivity index (χ4v) is 3.97. The van der Waals surface area contributed by atoms with Crippen molar-refractivity contribution in [2.45, 2.75) is 58.6 Å². The molecule has 1 saturated heterocycles. The minimum atomic E-state index is -3.01. The van der Waals surface area contributed by atoms with Gasteiger partial charge in [0.1, 0.15) is 0 Å². The largest absolute Gasteiger partial charge is 0.357 e. The van der Waals surface area contributed by atoms with Gasteiger partial charge < -0.3 is 10.2 Å². The molecular formula is C16H33N3O2S. The van der Waals surface area contributed by atoms with Crippen molar-refractivity contribution in [1.82, 2.24) is 10.2 Å². The minimum absolute atomic E-state index is 0.206. The molecule has 1 rings (SSSR count). The summed E-state index contributed by atoms with van der Waals surface area (Å²) in [4.78, 5) is 6.77. The molecule has 0 aromatic rings. The predicted octanol–water partition coefficient (Wildman–Crippen LogP) is 2.29. The van der Waals surface area contributed by atoms with E-state index in [1.807, 2.05) is 6.92 Å². The van der Waals surface area contributed by atoms with Crippen LogP contribution in [0.25, 0.3) is 0 Å². The van der Waals surface area contributed by atoms with E-state index in [0.29, 0.717) is 13.1 Å². The van der Waals surface area contributed by atoms with Gasteiger partial charge in [0.15, 0.2) is 15.8 Å². The van der Waals surface area contributed by atoms with E-state index in [2.05, 4.69) is 29.1 Å². The van der Waals surface area contributed by atoms with E-state index >= 15 is 0 Å². The van der Waals surface area contributed by atoms with Crippen molar-refractivity contribution in [2.24, 2.45) is 10.9 Å². The lowest BCUT2D eigenvalue weighted by Gasteiger charge is -2.39. The van der Waals surface area contributed by atoms with Gasteiger partial charge in [-0.25, -0.2) is 8.42 Å². The first-order valence-corrected chi connectivity index (χ1v) is 10.1. The highest BCUT2D eigenvalue weighted by Crippen LogP contribution is 2.23. The summed E-state index contributed by atoms with van der Waals surface area (Å²) in [5.41, 5.74) is 0. The molecule has 0 atom stereocenters. The van der Waals surface area contributed by atoms with Gasteiger partial charge in [0.05, 0.1) is 10.5 Å². The molecule has 0 amide bonds. The smallest absolute Gasteiger partial charge is 0.193 e. The average molecular weight is 332 g/mol. The summed E-state index contributed by atoms with van der Waals surface area (Å²) in [5, 5.41) is 3.30. The number of nitrogens with one attached hydrogen (secondary N) is 1. The molecule has 1 aliphatic heterocycles. The van der Waals surface area contributed by atoms with Gasteiger partial charge in [0.2, 0.25) is 0 Å². The summed E-state index contributed by atoms with van der Waals surface area (Å²) in [6.07, 6.45) is 3.52. The summed E-state index contributed by atoms with van der Waals surface area (Å²) in [6, 6.07) is 0. The summed E-state index contributed by atoms with van der Waals surface area (Å²) >= 11 is 0. The maximum atomic E-state index is 12.1. The Balaban J connectivity index is 2.63. The predicted molar refractivity (Wildman–Crippen MR) is 94.1 cm³/mol. The Morgan fingerprint density at radius 3 is 2.55 bits per heavy atom. The Morgan fingerprint density at radius 2 is 2.00 bits per heavy atom.